The van der Waals surface area contributed by atoms with Crippen molar-refractivity contribution in [2.24, 2.45) is 5.92 Å². The van der Waals surface area contributed by atoms with Crippen LogP contribution in [0.25, 0.3) is 0 Å². The molecule has 1 aromatic carbocycles. The number of sulfonamides is 1. The fourth-order valence-electron chi connectivity index (χ4n) is 3.11. The maximum atomic E-state index is 12.9. The fourth-order valence-corrected chi connectivity index (χ4v) is 4.46. The summed E-state index contributed by atoms with van der Waals surface area (Å²) in [5.41, 5.74) is 1.02. The van der Waals surface area contributed by atoms with Gasteiger partial charge in [0.05, 0.1) is 4.90 Å². The number of benzene rings is 1. The Morgan fingerprint density at radius 3 is 2.40 bits per heavy atom. The Morgan fingerprint density at radius 2 is 1.80 bits per heavy atom. The third kappa shape index (κ3) is 5.43. The molecule has 1 saturated carbocycles. The van der Waals surface area contributed by atoms with Gasteiger partial charge >= 0.3 is 0 Å². The van der Waals surface area contributed by atoms with E-state index in [4.69, 9.17) is 0 Å². The molecule has 0 bridgehead atoms. The Labute approximate surface area is 152 Å². The summed E-state index contributed by atoms with van der Waals surface area (Å²) in [6.07, 6.45) is 9.80. The molecule has 25 heavy (non-hydrogen) atoms. The molecule has 0 heterocycles. The van der Waals surface area contributed by atoms with Crippen molar-refractivity contribution in [3.05, 3.63) is 42.1 Å². The highest BCUT2D eigenvalue weighted by molar-refractivity contribution is 7.89. The van der Waals surface area contributed by atoms with E-state index >= 15 is 0 Å². The second-order valence-electron chi connectivity index (χ2n) is 6.84. The number of ketones is 1. The number of nitrogens with zero attached hydrogens (tertiary/aromatic N) is 1. The number of carbonyl (C=O) groups excluding carboxylic acids is 1. The quantitative estimate of drug-likeness (QED) is 0.641. The van der Waals surface area contributed by atoms with Crippen molar-refractivity contribution in [3.63, 3.8) is 0 Å². The Hall–Kier alpha value is -1.62. The van der Waals surface area contributed by atoms with E-state index in [1.807, 2.05) is 13.8 Å². The average molecular weight is 364 g/mol. The smallest absolute Gasteiger partial charge is 0.263 e. The molecule has 0 radical (unpaired) electrons. The molecular weight excluding hydrogens is 334 g/mol. The Kier molecular flexibility index (Phi) is 7.24. The van der Waals surface area contributed by atoms with E-state index in [0.29, 0.717) is 6.54 Å². The minimum absolute atomic E-state index is 0.0557. The second-order valence-corrected chi connectivity index (χ2v) is 8.73. The first-order valence-electron chi connectivity index (χ1n) is 9.25. The van der Waals surface area contributed by atoms with Gasteiger partial charge in [0.2, 0.25) is 0 Å². The van der Waals surface area contributed by atoms with Crippen molar-refractivity contribution in [1.29, 1.82) is 0 Å². The zero-order chi connectivity index (χ0) is 18.3. The predicted octanol–water partition coefficient (Wildman–Crippen LogP) is 4.45. The highest BCUT2D eigenvalue weighted by atomic mass is 32.2. The van der Waals surface area contributed by atoms with Crippen LogP contribution >= 0.6 is 0 Å². The predicted molar refractivity (Wildman–Crippen MR) is 101 cm³/mol. The molecule has 0 aromatic heterocycles. The maximum absolute atomic E-state index is 12.9. The summed E-state index contributed by atoms with van der Waals surface area (Å²) in [6, 6.07) is 6.84. The molecule has 138 valence electrons. The van der Waals surface area contributed by atoms with Crippen molar-refractivity contribution in [2.75, 3.05) is 6.54 Å². The van der Waals surface area contributed by atoms with Gasteiger partial charge < -0.3 is 0 Å². The molecule has 1 aromatic rings. The lowest BCUT2D eigenvalue weighted by Gasteiger charge is -2.22. The van der Waals surface area contributed by atoms with Crippen LogP contribution in [0, 0.1) is 12.8 Å². The SMILES string of the molecule is CCCCN(/C=C/C(=O)C1CCCCC1)S(=O)(=O)c1ccc(C)cc1. The second kappa shape index (κ2) is 9.18. The molecule has 4 nitrogen and oxygen atoms in total. The van der Waals surface area contributed by atoms with Crippen LogP contribution in [-0.2, 0) is 14.8 Å². The number of hydrogen-bond donors (Lipinski definition) is 0. The summed E-state index contributed by atoms with van der Waals surface area (Å²) in [6.45, 7) is 4.34. The molecule has 0 saturated heterocycles. The lowest BCUT2D eigenvalue weighted by Crippen LogP contribution is -2.28. The minimum atomic E-state index is -3.62. The van der Waals surface area contributed by atoms with Gasteiger partial charge in [-0.2, -0.15) is 0 Å². The first-order valence-corrected chi connectivity index (χ1v) is 10.7. The summed E-state index contributed by atoms with van der Waals surface area (Å²) in [5, 5.41) is 0. The van der Waals surface area contributed by atoms with Crippen LogP contribution in [-0.4, -0.2) is 25.1 Å². The van der Waals surface area contributed by atoms with Crippen molar-refractivity contribution in [1.82, 2.24) is 4.31 Å². The molecule has 1 aliphatic rings. The number of unbranched alkanes of at least 4 members (excludes halogenated alkanes) is 1. The molecule has 1 aliphatic carbocycles. The fraction of sp³-hybridized carbons (Fsp3) is 0.550. The van der Waals surface area contributed by atoms with Crippen LogP contribution in [0.15, 0.2) is 41.4 Å². The minimum Gasteiger partial charge on any atom is -0.294 e. The highest BCUT2D eigenvalue weighted by Crippen LogP contribution is 2.25. The first kappa shape index (κ1) is 19.7. The third-order valence-corrected chi connectivity index (χ3v) is 6.56. The van der Waals surface area contributed by atoms with E-state index in [2.05, 4.69) is 0 Å². The molecule has 0 spiro atoms. The molecule has 5 heteroatoms. The largest absolute Gasteiger partial charge is 0.294 e. The lowest BCUT2D eigenvalue weighted by atomic mass is 9.86. The summed E-state index contributed by atoms with van der Waals surface area (Å²) in [5.74, 6) is 0.111. The van der Waals surface area contributed by atoms with Crippen molar-refractivity contribution in [2.45, 2.75) is 63.7 Å². The normalized spacial score (nSPS) is 16.2. The highest BCUT2D eigenvalue weighted by Gasteiger charge is 2.23. The van der Waals surface area contributed by atoms with Crippen LogP contribution in [0.1, 0.15) is 57.4 Å². The summed E-state index contributed by atoms with van der Waals surface area (Å²) in [4.78, 5) is 12.6. The number of rotatable bonds is 8. The van der Waals surface area contributed by atoms with Gasteiger partial charge in [-0.1, -0.05) is 50.3 Å². The van der Waals surface area contributed by atoms with Crippen molar-refractivity contribution in [3.8, 4) is 0 Å². The molecule has 1 fully saturated rings. The Bertz CT molecular complexity index is 686. The van der Waals surface area contributed by atoms with Crippen LogP contribution in [0.2, 0.25) is 0 Å². The van der Waals surface area contributed by atoms with Crippen molar-refractivity contribution < 1.29 is 13.2 Å². The molecule has 0 N–H and O–H groups in total. The topological polar surface area (TPSA) is 54.5 Å². The van der Waals surface area contributed by atoms with Crippen LogP contribution in [0.4, 0.5) is 0 Å². The summed E-state index contributed by atoms with van der Waals surface area (Å²) in [7, 11) is -3.62. The molecule has 0 unspecified atom stereocenters. The van der Waals surface area contributed by atoms with Gasteiger partial charge in [-0.15, -0.1) is 0 Å². The van der Waals surface area contributed by atoms with Crippen molar-refractivity contribution >= 4 is 15.8 Å². The van der Waals surface area contributed by atoms with Gasteiger partial charge in [0, 0.05) is 18.7 Å². The van der Waals surface area contributed by atoms with Gasteiger partial charge in [0.1, 0.15) is 0 Å². The number of aryl methyl sites for hydroxylation is 1. The van der Waals surface area contributed by atoms with Crippen LogP contribution in [0.5, 0.6) is 0 Å². The maximum Gasteiger partial charge on any atom is 0.263 e. The zero-order valence-corrected chi connectivity index (χ0v) is 16.1. The van der Waals surface area contributed by atoms with Gasteiger partial charge in [-0.05, 0) is 44.4 Å². The molecule has 0 aliphatic heterocycles. The van der Waals surface area contributed by atoms with E-state index in [1.54, 1.807) is 24.3 Å². The summed E-state index contributed by atoms with van der Waals surface area (Å²) >= 11 is 0. The van der Waals surface area contributed by atoms with E-state index in [1.165, 1.54) is 23.0 Å². The van der Waals surface area contributed by atoms with Gasteiger partial charge in [-0.3, -0.25) is 9.10 Å². The zero-order valence-electron chi connectivity index (χ0n) is 15.3. The van der Waals surface area contributed by atoms with E-state index in [9.17, 15) is 13.2 Å². The van der Waals surface area contributed by atoms with Gasteiger partial charge in [0.15, 0.2) is 5.78 Å². The standard InChI is InChI=1S/C20H29NO3S/c1-3-4-15-21(16-14-20(22)18-8-6-5-7-9-18)25(23,24)19-12-10-17(2)11-13-19/h10-14,16,18H,3-9,15H2,1-2H3/b16-14+. The Morgan fingerprint density at radius 1 is 1.16 bits per heavy atom. The van der Waals surface area contributed by atoms with Crippen LogP contribution in [0.3, 0.4) is 0 Å². The summed E-state index contributed by atoms with van der Waals surface area (Å²) < 4.78 is 27.1. The molecule has 0 atom stereocenters. The molecular formula is C20H29NO3S. The van der Waals surface area contributed by atoms with E-state index in [0.717, 1.165) is 44.1 Å². The lowest BCUT2D eigenvalue weighted by molar-refractivity contribution is -0.119. The number of allylic oxidation sites excluding steroid dienone is 1. The Balaban J connectivity index is 2.17. The van der Waals surface area contributed by atoms with E-state index < -0.39 is 10.0 Å². The van der Waals surface area contributed by atoms with Crippen LogP contribution < -0.4 is 0 Å². The number of carbonyl (C=O) groups is 1. The van der Waals surface area contributed by atoms with Gasteiger partial charge in [0.25, 0.3) is 10.0 Å². The molecule has 0 amide bonds. The number of hydrogen-bond acceptors (Lipinski definition) is 3. The average Bonchev–Trinajstić information content (AvgIpc) is 2.62. The third-order valence-electron chi connectivity index (χ3n) is 4.77. The first-order chi connectivity index (χ1) is 11.9. The molecule has 2 rings (SSSR count). The van der Waals surface area contributed by atoms with E-state index in [-0.39, 0.29) is 16.6 Å². The monoisotopic (exact) mass is 363 g/mol. The van der Waals surface area contributed by atoms with Gasteiger partial charge in [-0.25, -0.2) is 8.42 Å².